The van der Waals surface area contributed by atoms with Gasteiger partial charge in [-0.3, -0.25) is 4.79 Å². The van der Waals surface area contributed by atoms with Crippen molar-refractivity contribution >= 4 is 5.91 Å². The van der Waals surface area contributed by atoms with Crippen molar-refractivity contribution in [2.75, 3.05) is 13.1 Å². The van der Waals surface area contributed by atoms with Crippen LogP contribution in [-0.4, -0.2) is 29.9 Å². The molecular formula is C10H22N2O. The number of nitrogens with zero attached hydrogens (tertiary/aromatic N) is 1. The number of hydrogen-bond donors (Lipinski definition) is 1. The summed E-state index contributed by atoms with van der Waals surface area (Å²) in [6.07, 6.45) is 0.716. The zero-order chi connectivity index (χ0) is 10.4. The van der Waals surface area contributed by atoms with E-state index in [1.165, 1.54) is 0 Å². The first kappa shape index (κ1) is 12.4. The fourth-order valence-electron chi connectivity index (χ4n) is 1.22. The van der Waals surface area contributed by atoms with Crippen LogP contribution in [0.5, 0.6) is 0 Å². The van der Waals surface area contributed by atoms with Crippen LogP contribution in [0.15, 0.2) is 0 Å². The van der Waals surface area contributed by atoms with E-state index in [9.17, 15) is 4.79 Å². The number of carbonyl (C=O) groups is 1. The Kier molecular flexibility index (Phi) is 5.71. The van der Waals surface area contributed by atoms with Crippen LogP contribution < -0.4 is 5.73 Å². The molecule has 3 heteroatoms. The average Bonchev–Trinajstić information content (AvgIpc) is 2.11. The lowest BCUT2D eigenvalue weighted by molar-refractivity contribution is -0.133. The quantitative estimate of drug-likeness (QED) is 0.702. The standard InChI is InChI=1S/C10H22N2O/c1-5-9(11)10(13)12(6-2)7-8(3)4/h8-9H,5-7,11H2,1-4H3/t9-/m1/s1. The molecular weight excluding hydrogens is 164 g/mol. The highest BCUT2D eigenvalue weighted by atomic mass is 16.2. The first-order chi connectivity index (χ1) is 6.02. The zero-order valence-corrected chi connectivity index (χ0v) is 9.21. The van der Waals surface area contributed by atoms with Gasteiger partial charge in [-0.25, -0.2) is 0 Å². The Morgan fingerprint density at radius 1 is 1.38 bits per heavy atom. The van der Waals surface area contributed by atoms with Crippen molar-refractivity contribution in [1.82, 2.24) is 4.90 Å². The van der Waals surface area contributed by atoms with Gasteiger partial charge in [0.25, 0.3) is 0 Å². The Balaban J connectivity index is 4.14. The van der Waals surface area contributed by atoms with E-state index in [0.29, 0.717) is 12.3 Å². The van der Waals surface area contributed by atoms with Crippen molar-refractivity contribution in [1.29, 1.82) is 0 Å². The highest BCUT2D eigenvalue weighted by Gasteiger charge is 2.18. The second kappa shape index (κ2) is 5.97. The van der Waals surface area contributed by atoms with E-state index in [1.54, 1.807) is 0 Å². The van der Waals surface area contributed by atoms with Crippen molar-refractivity contribution < 1.29 is 4.79 Å². The molecule has 0 saturated heterocycles. The van der Waals surface area contributed by atoms with Crippen LogP contribution in [0.4, 0.5) is 0 Å². The van der Waals surface area contributed by atoms with Gasteiger partial charge in [0.1, 0.15) is 0 Å². The summed E-state index contributed by atoms with van der Waals surface area (Å²) in [5.41, 5.74) is 5.68. The first-order valence-corrected chi connectivity index (χ1v) is 5.07. The number of carbonyl (C=O) groups excluding carboxylic acids is 1. The number of nitrogens with two attached hydrogens (primary N) is 1. The molecule has 0 bridgehead atoms. The van der Waals surface area contributed by atoms with Crippen LogP contribution in [0.2, 0.25) is 0 Å². The fraction of sp³-hybridized carbons (Fsp3) is 0.900. The molecule has 0 radical (unpaired) electrons. The summed E-state index contributed by atoms with van der Waals surface area (Å²) in [7, 11) is 0. The van der Waals surface area contributed by atoms with Gasteiger partial charge >= 0.3 is 0 Å². The highest BCUT2D eigenvalue weighted by molar-refractivity contribution is 5.81. The monoisotopic (exact) mass is 186 g/mol. The Hall–Kier alpha value is -0.570. The highest BCUT2D eigenvalue weighted by Crippen LogP contribution is 2.02. The number of hydrogen-bond acceptors (Lipinski definition) is 2. The molecule has 0 unspecified atom stereocenters. The lowest BCUT2D eigenvalue weighted by Crippen LogP contribution is -2.44. The van der Waals surface area contributed by atoms with Crippen molar-refractivity contribution in [3.8, 4) is 0 Å². The van der Waals surface area contributed by atoms with E-state index in [4.69, 9.17) is 5.73 Å². The average molecular weight is 186 g/mol. The second-order valence-corrected chi connectivity index (χ2v) is 3.79. The molecule has 0 aromatic heterocycles. The molecule has 1 amide bonds. The molecule has 0 aliphatic rings. The Morgan fingerprint density at radius 2 is 1.92 bits per heavy atom. The summed E-state index contributed by atoms with van der Waals surface area (Å²) >= 11 is 0. The molecule has 0 aliphatic heterocycles. The minimum absolute atomic E-state index is 0.0821. The number of amides is 1. The summed E-state index contributed by atoms with van der Waals surface area (Å²) in [6, 6.07) is -0.321. The summed E-state index contributed by atoms with van der Waals surface area (Å²) < 4.78 is 0. The van der Waals surface area contributed by atoms with Gasteiger partial charge in [0.2, 0.25) is 5.91 Å². The van der Waals surface area contributed by atoms with Gasteiger partial charge in [-0.1, -0.05) is 20.8 Å². The molecule has 2 N–H and O–H groups in total. The molecule has 0 aromatic carbocycles. The summed E-state index contributed by atoms with van der Waals surface area (Å²) in [5, 5.41) is 0. The summed E-state index contributed by atoms with van der Waals surface area (Å²) in [6.45, 7) is 9.70. The van der Waals surface area contributed by atoms with Gasteiger partial charge in [-0.05, 0) is 19.3 Å². The van der Waals surface area contributed by atoms with Gasteiger partial charge in [-0.2, -0.15) is 0 Å². The molecule has 1 atom stereocenters. The fourth-order valence-corrected chi connectivity index (χ4v) is 1.22. The topological polar surface area (TPSA) is 46.3 Å². The zero-order valence-electron chi connectivity index (χ0n) is 9.21. The smallest absolute Gasteiger partial charge is 0.239 e. The number of rotatable bonds is 5. The lowest BCUT2D eigenvalue weighted by atomic mass is 10.1. The molecule has 0 saturated carbocycles. The van der Waals surface area contributed by atoms with Crippen LogP contribution in [0, 0.1) is 5.92 Å². The molecule has 0 aromatic rings. The molecule has 3 nitrogen and oxygen atoms in total. The maximum Gasteiger partial charge on any atom is 0.239 e. The summed E-state index contributed by atoms with van der Waals surface area (Å²) in [4.78, 5) is 13.5. The lowest BCUT2D eigenvalue weighted by Gasteiger charge is -2.25. The molecule has 0 rings (SSSR count). The van der Waals surface area contributed by atoms with E-state index >= 15 is 0 Å². The molecule has 0 fully saturated rings. The van der Waals surface area contributed by atoms with Crippen LogP contribution >= 0.6 is 0 Å². The maximum atomic E-state index is 11.6. The third kappa shape index (κ3) is 4.27. The van der Waals surface area contributed by atoms with Crippen molar-refractivity contribution in [2.24, 2.45) is 11.7 Å². The largest absolute Gasteiger partial charge is 0.341 e. The van der Waals surface area contributed by atoms with E-state index in [-0.39, 0.29) is 11.9 Å². The predicted octanol–water partition coefficient (Wildman–Crippen LogP) is 1.23. The van der Waals surface area contributed by atoms with Gasteiger partial charge in [0, 0.05) is 13.1 Å². The minimum Gasteiger partial charge on any atom is -0.341 e. The van der Waals surface area contributed by atoms with E-state index in [2.05, 4.69) is 13.8 Å². The first-order valence-electron chi connectivity index (χ1n) is 5.07. The van der Waals surface area contributed by atoms with Gasteiger partial charge < -0.3 is 10.6 Å². The Bertz CT molecular complexity index is 157. The third-order valence-corrected chi connectivity index (χ3v) is 2.04. The van der Waals surface area contributed by atoms with Crippen LogP contribution in [0.3, 0.4) is 0 Å². The van der Waals surface area contributed by atoms with E-state index in [0.717, 1.165) is 13.1 Å². The van der Waals surface area contributed by atoms with Crippen molar-refractivity contribution in [3.63, 3.8) is 0 Å². The second-order valence-electron chi connectivity index (χ2n) is 3.79. The van der Waals surface area contributed by atoms with E-state index in [1.807, 2.05) is 18.7 Å². The molecule has 0 aliphatic carbocycles. The Morgan fingerprint density at radius 3 is 2.23 bits per heavy atom. The van der Waals surface area contributed by atoms with Crippen molar-refractivity contribution in [2.45, 2.75) is 40.2 Å². The van der Waals surface area contributed by atoms with Gasteiger partial charge in [0.15, 0.2) is 0 Å². The van der Waals surface area contributed by atoms with Crippen molar-refractivity contribution in [3.05, 3.63) is 0 Å². The Labute approximate surface area is 81.3 Å². The minimum atomic E-state index is -0.321. The third-order valence-electron chi connectivity index (χ3n) is 2.04. The van der Waals surface area contributed by atoms with Crippen LogP contribution in [-0.2, 0) is 4.79 Å². The van der Waals surface area contributed by atoms with Gasteiger partial charge in [-0.15, -0.1) is 0 Å². The normalized spacial score (nSPS) is 13.1. The van der Waals surface area contributed by atoms with Gasteiger partial charge in [0.05, 0.1) is 6.04 Å². The molecule has 0 spiro atoms. The predicted molar refractivity (Wildman–Crippen MR) is 55.4 cm³/mol. The molecule has 0 heterocycles. The van der Waals surface area contributed by atoms with Crippen LogP contribution in [0.1, 0.15) is 34.1 Å². The molecule has 78 valence electrons. The van der Waals surface area contributed by atoms with Crippen LogP contribution in [0.25, 0.3) is 0 Å². The summed E-state index contributed by atoms with van der Waals surface area (Å²) in [5.74, 6) is 0.589. The number of likely N-dealkylation sites (N-methyl/N-ethyl adjacent to an activating group) is 1. The maximum absolute atomic E-state index is 11.6. The SMILES string of the molecule is CC[C@@H](N)C(=O)N(CC)CC(C)C. The molecule has 13 heavy (non-hydrogen) atoms. The van der Waals surface area contributed by atoms with E-state index < -0.39 is 0 Å².